The van der Waals surface area contributed by atoms with E-state index in [4.69, 9.17) is 4.74 Å². The van der Waals surface area contributed by atoms with Gasteiger partial charge in [-0.3, -0.25) is 9.59 Å². The Morgan fingerprint density at radius 3 is 2.56 bits per heavy atom. The van der Waals surface area contributed by atoms with Crippen LogP contribution in [-0.4, -0.2) is 22.9 Å². The Balaban J connectivity index is 2.24. The van der Waals surface area contributed by atoms with Crippen molar-refractivity contribution in [2.45, 2.75) is 32.4 Å². The molecule has 1 unspecified atom stereocenters. The lowest BCUT2D eigenvalue weighted by Gasteiger charge is -2.16. The van der Waals surface area contributed by atoms with Gasteiger partial charge in [0.2, 0.25) is 0 Å². The maximum absolute atomic E-state index is 12.9. The van der Waals surface area contributed by atoms with Crippen LogP contribution in [0.2, 0.25) is 0 Å². The number of Topliss-reactive ketones (excluding diaryl/α,β-unsaturated/α-hetero) is 1. The van der Waals surface area contributed by atoms with Crippen LogP contribution < -0.4 is 10.3 Å². The highest BCUT2D eigenvalue weighted by Gasteiger charge is 2.34. The molecule has 0 aliphatic carbocycles. The minimum Gasteiger partial charge on any atom is -0.496 e. The van der Waals surface area contributed by atoms with E-state index >= 15 is 0 Å². The first-order chi connectivity index (χ1) is 11.6. The number of carbonyl (C=O) groups is 1. The van der Waals surface area contributed by atoms with Crippen LogP contribution in [0.15, 0.2) is 29.1 Å². The quantitative estimate of drug-likeness (QED) is 0.835. The number of ether oxygens (including phenoxy) is 1. The van der Waals surface area contributed by atoms with Gasteiger partial charge >= 0.3 is 6.18 Å². The Hall–Kier alpha value is -2.64. The van der Waals surface area contributed by atoms with E-state index in [0.29, 0.717) is 11.4 Å². The third-order valence-corrected chi connectivity index (χ3v) is 3.74. The van der Waals surface area contributed by atoms with E-state index in [1.165, 1.54) is 12.1 Å². The Bertz CT molecular complexity index is 844. The zero-order valence-corrected chi connectivity index (χ0v) is 13.9. The fourth-order valence-corrected chi connectivity index (χ4v) is 2.47. The van der Waals surface area contributed by atoms with Crippen molar-refractivity contribution in [3.8, 4) is 5.75 Å². The van der Waals surface area contributed by atoms with Crippen LogP contribution in [0.3, 0.4) is 0 Å². The van der Waals surface area contributed by atoms with E-state index in [2.05, 4.69) is 9.97 Å². The van der Waals surface area contributed by atoms with Crippen LogP contribution in [0.5, 0.6) is 5.75 Å². The Labute approximate surface area is 141 Å². The highest BCUT2D eigenvalue weighted by Crippen LogP contribution is 2.38. The van der Waals surface area contributed by atoms with Crippen molar-refractivity contribution in [3.05, 3.63) is 57.3 Å². The van der Waals surface area contributed by atoms with Gasteiger partial charge < -0.3 is 9.72 Å². The molecular formula is C17H17F3N2O3. The van der Waals surface area contributed by atoms with E-state index < -0.39 is 17.3 Å². The molecule has 25 heavy (non-hydrogen) atoms. The van der Waals surface area contributed by atoms with Gasteiger partial charge in [0.25, 0.3) is 5.56 Å². The predicted molar refractivity (Wildman–Crippen MR) is 85.0 cm³/mol. The molecule has 134 valence electrons. The molecule has 0 saturated carbocycles. The standard InChI is InChI=1S/C17H17F3N2O3/c1-9(6-14(23)13-8-16(24)22-10(2)21-13)11-4-5-12(17(18,19)20)15(7-11)25-3/h4-5,7-9H,6H2,1-3H3,(H,21,22,24). The van der Waals surface area contributed by atoms with Crippen LogP contribution >= 0.6 is 0 Å². The summed E-state index contributed by atoms with van der Waals surface area (Å²) < 4.78 is 43.5. The van der Waals surface area contributed by atoms with E-state index in [9.17, 15) is 22.8 Å². The summed E-state index contributed by atoms with van der Waals surface area (Å²) in [6, 6.07) is 4.64. The second-order valence-electron chi connectivity index (χ2n) is 5.70. The highest BCUT2D eigenvalue weighted by atomic mass is 19.4. The number of ketones is 1. The van der Waals surface area contributed by atoms with Crippen LogP contribution in [-0.2, 0) is 6.18 Å². The van der Waals surface area contributed by atoms with Crippen LogP contribution in [0, 0.1) is 6.92 Å². The van der Waals surface area contributed by atoms with Gasteiger partial charge in [0.1, 0.15) is 17.3 Å². The molecule has 2 rings (SSSR count). The first kappa shape index (κ1) is 18.7. The maximum atomic E-state index is 12.9. The lowest BCUT2D eigenvalue weighted by Crippen LogP contribution is -2.15. The monoisotopic (exact) mass is 354 g/mol. The largest absolute Gasteiger partial charge is 0.496 e. The summed E-state index contributed by atoms with van der Waals surface area (Å²) in [5.41, 5.74) is -0.740. The number of H-pyrrole nitrogens is 1. The Morgan fingerprint density at radius 2 is 2.00 bits per heavy atom. The van der Waals surface area contributed by atoms with Gasteiger partial charge in [-0.05, 0) is 30.5 Å². The van der Waals surface area contributed by atoms with Crippen molar-refractivity contribution < 1.29 is 22.7 Å². The van der Waals surface area contributed by atoms with Crippen molar-refractivity contribution in [3.63, 3.8) is 0 Å². The van der Waals surface area contributed by atoms with Gasteiger partial charge in [0.05, 0.1) is 12.7 Å². The average molecular weight is 354 g/mol. The molecular weight excluding hydrogens is 337 g/mol. The molecule has 5 nitrogen and oxygen atoms in total. The summed E-state index contributed by atoms with van der Waals surface area (Å²) in [6.07, 6.45) is -4.51. The van der Waals surface area contributed by atoms with Crippen molar-refractivity contribution in [2.24, 2.45) is 0 Å². The molecule has 0 amide bonds. The number of aromatic nitrogens is 2. The molecule has 2 aromatic rings. The molecule has 1 heterocycles. The summed E-state index contributed by atoms with van der Waals surface area (Å²) in [7, 11) is 1.16. The smallest absolute Gasteiger partial charge is 0.419 e. The molecule has 0 aliphatic heterocycles. The van der Waals surface area contributed by atoms with Crippen molar-refractivity contribution in [2.75, 3.05) is 7.11 Å². The summed E-state index contributed by atoms with van der Waals surface area (Å²) in [5, 5.41) is 0. The van der Waals surface area contributed by atoms with E-state index in [-0.39, 0.29) is 29.6 Å². The molecule has 0 spiro atoms. The zero-order chi connectivity index (χ0) is 18.8. The number of halogens is 3. The minimum atomic E-state index is -4.52. The number of aromatic amines is 1. The third kappa shape index (κ3) is 4.46. The second-order valence-corrected chi connectivity index (χ2v) is 5.70. The van der Waals surface area contributed by atoms with Gasteiger partial charge in [-0.2, -0.15) is 13.2 Å². The lowest BCUT2D eigenvalue weighted by atomic mass is 9.93. The van der Waals surface area contributed by atoms with Crippen molar-refractivity contribution in [1.29, 1.82) is 0 Å². The molecule has 0 aliphatic rings. The number of aryl methyl sites for hydroxylation is 1. The first-order valence-corrected chi connectivity index (χ1v) is 7.48. The lowest BCUT2D eigenvalue weighted by molar-refractivity contribution is -0.138. The topological polar surface area (TPSA) is 72.1 Å². The van der Waals surface area contributed by atoms with Crippen molar-refractivity contribution >= 4 is 5.78 Å². The van der Waals surface area contributed by atoms with E-state index in [0.717, 1.165) is 19.2 Å². The molecule has 8 heteroatoms. The molecule has 1 aromatic heterocycles. The predicted octanol–water partition coefficient (Wildman–Crippen LogP) is 3.48. The molecule has 0 radical (unpaired) electrons. The number of methoxy groups -OCH3 is 1. The zero-order valence-electron chi connectivity index (χ0n) is 13.9. The Kier molecular flexibility index (Phi) is 5.30. The van der Waals surface area contributed by atoms with Crippen molar-refractivity contribution in [1.82, 2.24) is 9.97 Å². The molecule has 1 atom stereocenters. The average Bonchev–Trinajstić information content (AvgIpc) is 2.52. The number of hydrogen-bond donors (Lipinski definition) is 1. The number of hydrogen-bond acceptors (Lipinski definition) is 4. The van der Waals surface area contributed by atoms with E-state index in [1.807, 2.05) is 0 Å². The van der Waals surface area contributed by atoms with Gasteiger partial charge in [0.15, 0.2) is 5.78 Å². The van der Waals surface area contributed by atoms with E-state index in [1.54, 1.807) is 13.8 Å². The van der Waals surface area contributed by atoms with Crippen LogP contribution in [0.1, 0.15) is 46.7 Å². The summed E-state index contributed by atoms with van der Waals surface area (Å²) in [5.74, 6) is -0.709. The number of rotatable bonds is 5. The fraction of sp³-hybridized carbons (Fsp3) is 0.353. The van der Waals surface area contributed by atoms with Crippen LogP contribution in [0.25, 0.3) is 0 Å². The number of nitrogens with zero attached hydrogens (tertiary/aromatic N) is 1. The van der Waals surface area contributed by atoms with Gasteiger partial charge in [-0.25, -0.2) is 4.98 Å². The number of alkyl halides is 3. The van der Waals surface area contributed by atoms with Crippen LogP contribution in [0.4, 0.5) is 13.2 Å². The van der Waals surface area contributed by atoms with Gasteiger partial charge in [-0.1, -0.05) is 13.0 Å². The summed E-state index contributed by atoms with van der Waals surface area (Å²) >= 11 is 0. The molecule has 0 bridgehead atoms. The molecule has 0 saturated heterocycles. The van der Waals surface area contributed by atoms with Gasteiger partial charge in [-0.15, -0.1) is 0 Å². The maximum Gasteiger partial charge on any atom is 0.419 e. The first-order valence-electron chi connectivity index (χ1n) is 7.48. The second kappa shape index (κ2) is 7.08. The fourth-order valence-electron chi connectivity index (χ4n) is 2.47. The number of benzene rings is 1. The number of carbonyl (C=O) groups excluding carboxylic acids is 1. The molecule has 1 N–H and O–H groups in total. The minimum absolute atomic E-state index is 0.00438. The summed E-state index contributed by atoms with van der Waals surface area (Å²) in [4.78, 5) is 30.1. The molecule has 1 aromatic carbocycles. The SMILES string of the molecule is COc1cc(C(C)CC(=O)c2cc(=O)[nH]c(C)n2)ccc1C(F)(F)F. The third-order valence-electron chi connectivity index (χ3n) is 3.74. The normalized spacial score (nSPS) is 12.7. The highest BCUT2D eigenvalue weighted by molar-refractivity contribution is 5.94. The summed E-state index contributed by atoms with van der Waals surface area (Å²) in [6.45, 7) is 3.27. The number of nitrogens with one attached hydrogen (secondary N) is 1. The van der Waals surface area contributed by atoms with Gasteiger partial charge in [0, 0.05) is 12.5 Å². The Morgan fingerprint density at radius 1 is 1.32 bits per heavy atom. The molecule has 0 fully saturated rings.